The fraction of sp³-hybridized carbons (Fsp3) is 0.174. The molecule has 0 aliphatic rings. The van der Waals surface area contributed by atoms with Crippen LogP contribution in [0.1, 0.15) is 18.1 Å². The maximum Gasteiger partial charge on any atom is 0.180 e. The van der Waals surface area contributed by atoms with E-state index in [0.29, 0.717) is 34.8 Å². The minimum atomic E-state index is 0.330. The highest BCUT2D eigenvalue weighted by molar-refractivity contribution is 6.32. The Hall–Kier alpha value is -2.69. The van der Waals surface area contributed by atoms with E-state index in [1.807, 2.05) is 61.5 Å². The third-order valence-corrected chi connectivity index (χ3v) is 4.55. The van der Waals surface area contributed by atoms with Crippen LogP contribution in [-0.4, -0.2) is 19.9 Å². The molecule has 0 aliphatic heterocycles. The molecule has 6 heteroatoms. The Balaban J connectivity index is 1.75. The molecule has 0 fully saturated rings. The van der Waals surface area contributed by atoms with E-state index in [9.17, 15) is 0 Å². The predicted octanol–water partition coefficient (Wildman–Crippen LogP) is 6.73. The molecule has 0 radical (unpaired) electrons. The second kappa shape index (κ2) is 10.2. The molecule has 0 aliphatic carbocycles. The monoisotopic (exact) mass is 429 g/mol. The highest BCUT2D eigenvalue weighted by Crippen LogP contribution is 2.37. The van der Waals surface area contributed by atoms with Gasteiger partial charge in [-0.15, -0.1) is 0 Å². The van der Waals surface area contributed by atoms with Gasteiger partial charge in [-0.05, 0) is 66.6 Å². The lowest BCUT2D eigenvalue weighted by atomic mass is 10.2. The van der Waals surface area contributed by atoms with Crippen LogP contribution in [0, 0.1) is 0 Å². The summed E-state index contributed by atoms with van der Waals surface area (Å²) in [5.41, 5.74) is 2.55. The first-order valence-corrected chi connectivity index (χ1v) is 9.86. The van der Waals surface area contributed by atoms with Gasteiger partial charge in [-0.3, -0.25) is 4.99 Å². The molecule has 0 saturated heterocycles. The average Bonchev–Trinajstić information content (AvgIpc) is 2.72. The van der Waals surface area contributed by atoms with Crippen molar-refractivity contribution >= 4 is 35.1 Å². The fourth-order valence-electron chi connectivity index (χ4n) is 2.68. The van der Waals surface area contributed by atoms with Gasteiger partial charge in [0, 0.05) is 11.2 Å². The number of aliphatic imine (C=N–C) groups is 1. The Morgan fingerprint density at radius 1 is 0.966 bits per heavy atom. The number of methoxy groups -OCH3 is 1. The van der Waals surface area contributed by atoms with Crippen LogP contribution in [0.5, 0.6) is 17.2 Å². The van der Waals surface area contributed by atoms with Crippen molar-refractivity contribution in [2.75, 3.05) is 13.7 Å². The summed E-state index contributed by atoms with van der Waals surface area (Å²) in [6, 6.07) is 18.6. The molecular weight excluding hydrogens is 409 g/mol. The molecule has 3 aromatic carbocycles. The summed E-state index contributed by atoms with van der Waals surface area (Å²) in [6.07, 6.45) is 1.73. The van der Waals surface area contributed by atoms with Crippen LogP contribution in [0.4, 0.5) is 5.69 Å². The highest BCUT2D eigenvalue weighted by atomic mass is 35.5. The first kappa shape index (κ1) is 21.0. The Kier molecular flexibility index (Phi) is 7.39. The zero-order chi connectivity index (χ0) is 20.6. The van der Waals surface area contributed by atoms with Crippen molar-refractivity contribution in [1.82, 2.24) is 0 Å². The quantitative estimate of drug-likeness (QED) is 0.372. The summed E-state index contributed by atoms with van der Waals surface area (Å²) >= 11 is 12.5. The zero-order valence-corrected chi connectivity index (χ0v) is 17.7. The molecule has 0 saturated carbocycles. The van der Waals surface area contributed by atoms with Gasteiger partial charge in [0.05, 0.1) is 24.4 Å². The van der Waals surface area contributed by atoms with Crippen molar-refractivity contribution in [3.63, 3.8) is 0 Å². The molecule has 0 aromatic heterocycles. The highest BCUT2D eigenvalue weighted by Gasteiger charge is 2.12. The van der Waals surface area contributed by atoms with Crippen molar-refractivity contribution in [2.24, 2.45) is 4.99 Å². The minimum Gasteiger partial charge on any atom is -0.494 e. The predicted molar refractivity (Wildman–Crippen MR) is 119 cm³/mol. The normalized spacial score (nSPS) is 10.9. The molecule has 0 amide bonds. The van der Waals surface area contributed by atoms with E-state index in [-0.39, 0.29) is 0 Å². The van der Waals surface area contributed by atoms with Crippen molar-refractivity contribution in [1.29, 1.82) is 0 Å². The molecule has 3 rings (SSSR count). The molecule has 0 spiro atoms. The summed E-state index contributed by atoms with van der Waals surface area (Å²) in [5.74, 6) is 1.83. The topological polar surface area (TPSA) is 40.0 Å². The van der Waals surface area contributed by atoms with Gasteiger partial charge in [-0.25, -0.2) is 0 Å². The lowest BCUT2D eigenvalue weighted by Crippen LogP contribution is -1.99. The second-order valence-electron chi connectivity index (χ2n) is 6.14. The molecule has 0 bridgehead atoms. The van der Waals surface area contributed by atoms with E-state index in [1.165, 1.54) is 0 Å². The molecule has 29 heavy (non-hydrogen) atoms. The van der Waals surface area contributed by atoms with E-state index in [1.54, 1.807) is 19.4 Å². The van der Waals surface area contributed by atoms with Crippen LogP contribution in [0.15, 0.2) is 65.7 Å². The average molecular weight is 430 g/mol. The molecule has 4 nitrogen and oxygen atoms in total. The number of hydrogen-bond donors (Lipinski definition) is 0. The summed E-state index contributed by atoms with van der Waals surface area (Å²) < 4.78 is 16.8. The first-order chi connectivity index (χ1) is 14.1. The van der Waals surface area contributed by atoms with E-state index >= 15 is 0 Å². The fourth-order valence-corrected chi connectivity index (χ4v) is 3.17. The molecule has 0 atom stereocenters. The van der Waals surface area contributed by atoms with Gasteiger partial charge in [-0.1, -0.05) is 35.3 Å². The molecule has 0 unspecified atom stereocenters. The lowest BCUT2D eigenvalue weighted by Gasteiger charge is -2.13. The van der Waals surface area contributed by atoms with Crippen LogP contribution >= 0.6 is 23.2 Å². The van der Waals surface area contributed by atoms with Gasteiger partial charge in [-0.2, -0.15) is 0 Å². The Labute approximate surface area is 180 Å². The zero-order valence-electron chi connectivity index (χ0n) is 16.2. The molecular formula is C23H21Cl2NO3. The maximum absolute atomic E-state index is 6.44. The third-order valence-electron chi connectivity index (χ3n) is 4.03. The molecule has 150 valence electrons. The molecule has 0 N–H and O–H groups in total. The Morgan fingerprint density at radius 3 is 2.45 bits per heavy atom. The number of halogens is 2. The van der Waals surface area contributed by atoms with Crippen molar-refractivity contribution in [3.8, 4) is 17.2 Å². The van der Waals surface area contributed by atoms with E-state index in [0.717, 1.165) is 22.6 Å². The van der Waals surface area contributed by atoms with Crippen LogP contribution in [0.3, 0.4) is 0 Å². The van der Waals surface area contributed by atoms with Gasteiger partial charge in [0.1, 0.15) is 12.4 Å². The van der Waals surface area contributed by atoms with Gasteiger partial charge < -0.3 is 14.2 Å². The summed E-state index contributed by atoms with van der Waals surface area (Å²) in [6.45, 7) is 2.91. The number of benzene rings is 3. The number of rotatable bonds is 8. The van der Waals surface area contributed by atoms with Crippen molar-refractivity contribution < 1.29 is 14.2 Å². The van der Waals surface area contributed by atoms with Crippen LogP contribution in [0.2, 0.25) is 10.0 Å². The van der Waals surface area contributed by atoms with Crippen LogP contribution in [0.25, 0.3) is 0 Å². The number of ether oxygens (including phenoxy) is 3. The minimum absolute atomic E-state index is 0.330. The standard InChI is InChI=1S/C23H21Cl2NO3/c1-3-28-20-9-7-19(8-10-20)26-14-17-12-21(25)23(22(13-17)27-2)29-15-16-5-4-6-18(24)11-16/h4-14H,3,15H2,1-2H3. The summed E-state index contributed by atoms with van der Waals surface area (Å²) in [5, 5.41) is 1.10. The van der Waals surface area contributed by atoms with Crippen LogP contribution in [-0.2, 0) is 6.61 Å². The maximum atomic E-state index is 6.44. The molecule has 3 aromatic rings. The Bertz CT molecular complexity index is 988. The Morgan fingerprint density at radius 2 is 1.76 bits per heavy atom. The van der Waals surface area contributed by atoms with E-state index in [2.05, 4.69) is 4.99 Å². The lowest BCUT2D eigenvalue weighted by molar-refractivity contribution is 0.284. The van der Waals surface area contributed by atoms with Crippen molar-refractivity contribution in [2.45, 2.75) is 13.5 Å². The number of hydrogen-bond acceptors (Lipinski definition) is 4. The van der Waals surface area contributed by atoms with E-state index in [4.69, 9.17) is 37.4 Å². The number of nitrogens with zero attached hydrogens (tertiary/aromatic N) is 1. The van der Waals surface area contributed by atoms with Gasteiger partial charge in [0.2, 0.25) is 0 Å². The second-order valence-corrected chi connectivity index (χ2v) is 6.98. The largest absolute Gasteiger partial charge is 0.494 e. The van der Waals surface area contributed by atoms with Gasteiger partial charge in [0.25, 0.3) is 0 Å². The summed E-state index contributed by atoms with van der Waals surface area (Å²) in [4.78, 5) is 4.48. The first-order valence-electron chi connectivity index (χ1n) is 9.10. The molecule has 0 heterocycles. The summed E-state index contributed by atoms with van der Waals surface area (Å²) in [7, 11) is 1.57. The van der Waals surface area contributed by atoms with Gasteiger partial charge >= 0.3 is 0 Å². The SMILES string of the molecule is CCOc1ccc(N=Cc2cc(Cl)c(OCc3cccc(Cl)c3)c(OC)c2)cc1. The van der Waals surface area contributed by atoms with E-state index < -0.39 is 0 Å². The van der Waals surface area contributed by atoms with Gasteiger partial charge in [0.15, 0.2) is 11.5 Å². The third kappa shape index (κ3) is 5.89. The van der Waals surface area contributed by atoms with Crippen molar-refractivity contribution in [3.05, 3.63) is 81.8 Å². The smallest absolute Gasteiger partial charge is 0.180 e. The van der Waals surface area contributed by atoms with Crippen LogP contribution < -0.4 is 14.2 Å².